The lowest BCUT2D eigenvalue weighted by atomic mass is 10.1. The Morgan fingerprint density at radius 3 is 2.74 bits per heavy atom. The Balaban J connectivity index is 1.55. The number of amides is 1. The Kier molecular flexibility index (Phi) is 5.68. The van der Waals surface area contributed by atoms with Gasteiger partial charge in [0.1, 0.15) is 5.76 Å². The van der Waals surface area contributed by atoms with Gasteiger partial charge < -0.3 is 9.73 Å². The van der Waals surface area contributed by atoms with Gasteiger partial charge in [0.25, 0.3) is 0 Å². The molecule has 2 N–H and O–H groups in total. The molecular formula is C19H19N3O4S. The number of aryl methyl sites for hydroxylation is 1. The minimum Gasteiger partial charge on any atom is -0.464 e. The van der Waals surface area contributed by atoms with Gasteiger partial charge in [-0.15, -0.1) is 0 Å². The minimum absolute atomic E-state index is 0.130. The maximum Gasteiger partial charge on any atom is 0.241 e. The monoisotopic (exact) mass is 385 g/mol. The van der Waals surface area contributed by atoms with Crippen LogP contribution >= 0.6 is 0 Å². The van der Waals surface area contributed by atoms with Gasteiger partial charge in [0, 0.05) is 24.5 Å². The van der Waals surface area contributed by atoms with Crippen LogP contribution in [-0.4, -0.2) is 25.9 Å². The second-order valence-corrected chi connectivity index (χ2v) is 7.74. The number of aromatic nitrogens is 1. The normalized spacial score (nSPS) is 11.3. The van der Waals surface area contributed by atoms with Crippen LogP contribution in [0.3, 0.4) is 0 Å². The van der Waals surface area contributed by atoms with Gasteiger partial charge in [0.2, 0.25) is 15.9 Å². The van der Waals surface area contributed by atoms with Gasteiger partial charge in [0.05, 0.1) is 17.7 Å². The molecular weight excluding hydrogens is 366 g/mol. The fraction of sp³-hybridized carbons (Fsp3) is 0.158. The van der Waals surface area contributed by atoms with E-state index in [2.05, 4.69) is 15.0 Å². The van der Waals surface area contributed by atoms with E-state index in [-0.39, 0.29) is 18.0 Å². The maximum atomic E-state index is 12.2. The number of pyridine rings is 1. The highest BCUT2D eigenvalue weighted by Gasteiger charge is 2.15. The van der Waals surface area contributed by atoms with Gasteiger partial charge in [0.15, 0.2) is 0 Å². The van der Waals surface area contributed by atoms with E-state index in [1.807, 2.05) is 12.1 Å². The number of sulfonamides is 1. The van der Waals surface area contributed by atoms with Crippen molar-refractivity contribution in [1.82, 2.24) is 15.0 Å². The van der Waals surface area contributed by atoms with Crippen LogP contribution in [0.4, 0.5) is 0 Å². The molecule has 0 saturated carbocycles. The fourth-order valence-corrected chi connectivity index (χ4v) is 3.54. The summed E-state index contributed by atoms with van der Waals surface area (Å²) in [5, 5.41) is 2.67. The topological polar surface area (TPSA) is 101 Å². The highest BCUT2D eigenvalue weighted by molar-refractivity contribution is 7.89. The third-order valence-corrected chi connectivity index (χ3v) is 5.21. The van der Waals surface area contributed by atoms with E-state index in [4.69, 9.17) is 4.42 Å². The smallest absolute Gasteiger partial charge is 0.241 e. The molecule has 1 aromatic carbocycles. The van der Waals surface area contributed by atoms with Crippen molar-refractivity contribution >= 4 is 15.9 Å². The Labute approximate surface area is 157 Å². The van der Waals surface area contributed by atoms with Crippen LogP contribution in [0.5, 0.6) is 0 Å². The molecule has 3 rings (SSSR count). The van der Waals surface area contributed by atoms with Crippen molar-refractivity contribution in [3.63, 3.8) is 0 Å². The van der Waals surface area contributed by atoms with Gasteiger partial charge in [-0.1, -0.05) is 12.1 Å². The molecule has 0 fully saturated rings. The van der Waals surface area contributed by atoms with Crippen molar-refractivity contribution in [2.24, 2.45) is 0 Å². The van der Waals surface area contributed by atoms with Crippen molar-refractivity contribution in [3.8, 4) is 11.3 Å². The quantitative estimate of drug-likeness (QED) is 0.650. The van der Waals surface area contributed by atoms with Crippen LogP contribution in [0.15, 0.2) is 70.4 Å². The Morgan fingerprint density at radius 1 is 1.15 bits per heavy atom. The zero-order valence-corrected chi connectivity index (χ0v) is 15.5. The molecule has 27 heavy (non-hydrogen) atoms. The van der Waals surface area contributed by atoms with E-state index in [0.717, 1.165) is 16.7 Å². The van der Waals surface area contributed by atoms with E-state index in [1.54, 1.807) is 49.8 Å². The van der Waals surface area contributed by atoms with Crippen LogP contribution in [0.2, 0.25) is 0 Å². The standard InChI is InChI=1S/C19H19N3O4S/c1-14-4-2-5-17(8-14)27(24,25)22-13-19(23)21-11-15-9-16(12-20-10-15)18-6-3-7-26-18/h2-10,12,22H,11,13H2,1H3,(H,21,23). The fourth-order valence-electron chi connectivity index (χ4n) is 2.45. The third kappa shape index (κ3) is 5.02. The van der Waals surface area contributed by atoms with Crippen molar-refractivity contribution in [3.05, 3.63) is 72.2 Å². The molecule has 7 nitrogen and oxygen atoms in total. The number of rotatable bonds is 7. The molecule has 2 aromatic heterocycles. The molecule has 1 amide bonds. The molecule has 0 radical (unpaired) electrons. The number of benzene rings is 1. The second kappa shape index (κ2) is 8.15. The van der Waals surface area contributed by atoms with E-state index in [9.17, 15) is 13.2 Å². The molecule has 0 aliphatic carbocycles. The van der Waals surface area contributed by atoms with Crippen LogP contribution in [-0.2, 0) is 21.4 Å². The molecule has 0 atom stereocenters. The SMILES string of the molecule is Cc1cccc(S(=O)(=O)NCC(=O)NCc2cncc(-c3ccco3)c2)c1. The number of hydrogen-bond donors (Lipinski definition) is 2. The zero-order chi connectivity index (χ0) is 19.3. The molecule has 0 bridgehead atoms. The summed E-state index contributed by atoms with van der Waals surface area (Å²) in [5.74, 6) is 0.247. The molecule has 0 spiro atoms. The van der Waals surface area contributed by atoms with Crippen molar-refractivity contribution in [2.45, 2.75) is 18.4 Å². The highest BCUT2D eigenvalue weighted by Crippen LogP contribution is 2.19. The summed E-state index contributed by atoms with van der Waals surface area (Å²) in [6.45, 7) is 1.69. The van der Waals surface area contributed by atoms with Crippen LogP contribution < -0.4 is 10.0 Å². The van der Waals surface area contributed by atoms with Gasteiger partial charge in [-0.25, -0.2) is 13.1 Å². The largest absolute Gasteiger partial charge is 0.464 e. The lowest BCUT2D eigenvalue weighted by Crippen LogP contribution is -2.36. The van der Waals surface area contributed by atoms with E-state index >= 15 is 0 Å². The number of nitrogens with zero attached hydrogens (tertiary/aromatic N) is 1. The molecule has 0 aliphatic rings. The molecule has 0 saturated heterocycles. The minimum atomic E-state index is -3.73. The average Bonchev–Trinajstić information content (AvgIpc) is 3.20. The summed E-state index contributed by atoms with van der Waals surface area (Å²) < 4.78 is 32.1. The molecule has 140 valence electrons. The zero-order valence-electron chi connectivity index (χ0n) is 14.7. The second-order valence-electron chi connectivity index (χ2n) is 5.98. The molecule has 0 unspecified atom stereocenters. The molecule has 2 heterocycles. The first-order chi connectivity index (χ1) is 12.9. The predicted octanol–water partition coefficient (Wildman–Crippen LogP) is 2.24. The van der Waals surface area contributed by atoms with Crippen molar-refractivity contribution in [2.75, 3.05) is 6.54 Å². The molecule has 8 heteroatoms. The number of furan rings is 1. The summed E-state index contributed by atoms with van der Waals surface area (Å²) in [5.41, 5.74) is 2.40. The summed E-state index contributed by atoms with van der Waals surface area (Å²) in [7, 11) is -3.73. The Bertz CT molecular complexity index is 1030. The summed E-state index contributed by atoms with van der Waals surface area (Å²) >= 11 is 0. The number of nitrogens with one attached hydrogen (secondary N) is 2. The number of carbonyl (C=O) groups is 1. The van der Waals surface area contributed by atoms with E-state index in [1.165, 1.54) is 6.07 Å². The molecule has 0 aliphatic heterocycles. The van der Waals surface area contributed by atoms with Crippen molar-refractivity contribution < 1.29 is 17.6 Å². The Hall–Kier alpha value is -2.97. The van der Waals surface area contributed by atoms with E-state index in [0.29, 0.717) is 5.76 Å². The summed E-state index contributed by atoms with van der Waals surface area (Å²) in [6, 6.07) is 11.9. The summed E-state index contributed by atoms with van der Waals surface area (Å²) in [4.78, 5) is 16.3. The first-order valence-corrected chi connectivity index (χ1v) is 9.73. The third-order valence-electron chi connectivity index (χ3n) is 3.81. The summed E-state index contributed by atoms with van der Waals surface area (Å²) in [6.07, 6.45) is 4.87. The van der Waals surface area contributed by atoms with E-state index < -0.39 is 15.9 Å². The predicted molar refractivity (Wildman–Crippen MR) is 100 cm³/mol. The van der Waals surface area contributed by atoms with Gasteiger partial charge in [-0.05, 0) is 48.4 Å². The van der Waals surface area contributed by atoms with Gasteiger partial charge in [-0.3, -0.25) is 9.78 Å². The van der Waals surface area contributed by atoms with Crippen LogP contribution in [0.1, 0.15) is 11.1 Å². The highest BCUT2D eigenvalue weighted by atomic mass is 32.2. The number of hydrogen-bond acceptors (Lipinski definition) is 5. The van der Waals surface area contributed by atoms with Crippen LogP contribution in [0.25, 0.3) is 11.3 Å². The first kappa shape index (κ1) is 18.8. The maximum absolute atomic E-state index is 12.2. The van der Waals surface area contributed by atoms with Gasteiger partial charge >= 0.3 is 0 Å². The van der Waals surface area contributed by atoms with Crippen molar-refractivity contribution in [1.29, 1.82) is 0 Å². The van der Waals surface area contributed by atoms with Gasteiger partial charge in [-0.2, -0.15) is 0 Å². The lowest BCUT2D eigenvalue weighted by molar-refractivity contribution is -0.120. The lowest BCUT2D eigenvalue weighted by Gasteiger charge is -2.09. The number of carbonyl (C=O) groups excluding carboxylic acids is 1. The average molecular weight is 385 g/mol. The first-order valence-electron chi connectivity index (χ1n) is 8.25. The van der Waals surface area contributed by atoms with Crippen LogP contribution in [0, 0.1) is 6.92 Å². The Morgan fingerprint density at radius 2 is 2.00 bits per heavy atom. The molecule has 3 aromatic rings.